The zero-order valence-corrected chi connectivity index (χ0v) is 36.8. The number of ether oxygens (including phenoxy) is 8. The molecule has 2 heterocycles. The van der Waals surface area contributed by atoms with Gasteiger partial charge in [0.15, 0.2) is 12.2 Å². The van der Waals surface area contributed by atoms with Crippen LogP contribution in [0.3, 0.4) is 0 Å². The number of carbonyl (C=O) groups excluding carboxylic acids is 7. The van der Waals surface area contributed by atoms with E-state index in [1.165, 1.54) is 36.1 Å². The molecule has 0 spiro atoms. The van der Waals surface area contributed by atoms with Gasteiger partial charge in [-0.05, 0) is 42.7 Å². The molecule has 1 saturated heterocycles. The van der Waals surface area contributed by atoms with Gasteiger partial charge in [-0.25, -0.2) is 4.79 Å². The minimum Gasteiger partial charge on any atom is -0.469 e. The molecule has 1 aromatic heterocycles. The van der Waals surface area contributed by atoms with E-state index in [-0.39, 0.29) is 42.4 Å². The third kappa shape index (κ3) is 13.0. The van der Waals surface area contributed by atoms with Crippen LogP contribution in [0.5, 0.6) is 5.75 Å². The number of carbonyl (C=O) groups is 7. The van der Waals surface area contributed by atoms with Crippen molar-refractivity contribution in [3.63, 3.8) is 0 Å². The maximum Gasteiger partial charge on any atom is 0.410 e. The number of amides is 2. The summed E-state index contributed by atoms with van der Waals surface area (Å²) >= 11 is 0. The number of anilines is 1. The molecule has 1 aliphatic rings. The second kappa shape index (κ2) is 22.5. The molecule has 1 fully saturated rings. The van der Waals surface area contributed by atoms with E-state index >= 15 is 0 Å². The molecule has 0 aliphatic carbocycles. The lowest BCUT2D eigenvalue weighted by Crippen LogP contribution is -2.63. The van der Waals surface area contributed by atoms with E-state index in [2.05, 4.69) is 5.92 Å². The number of aryl methyl sites for hydroxylation is 1. The Morgan fingerprint density at radius 3 is 2.06 bits per heavy atom. The molecular formula is C45H54N2O16. The van der Waals surface area contributed by atoms with E-state index in [0.29, 0.717) is 28.8 Å². The van der Waals surface area contributed by atoms with Crippen LogP contribution in [0, 0.1) is 18.3 Å². The molecule has 0 saturated carbocycles. The van der Waals surface area contributed by atoms with E-state index in [9.17, 15) is 33.6 Å². The number of fused-ring (bicyclic) bond motifs is 1. The van der Waals surface area contributed by atoms with Crippen LogP contribution in [-0.4, -0.2) is 111 Å². The number of likely N-dealkylation sites (N-methyl/N-ethyl adjacent to an activating group) is 2. The van der Waals surface area contributed by atoms with Crippen LogP contribution in [0.2, 0.25) is 0 Å². The van der Waals surface area contributed by atoms with Gasteiger partial charge in [0.05, 0.1) is 18.9 Å². The van der Waals surface area contributed by atoms with Gasteiger partial charge >= 0.3 is 35.9 Å². The number of nitrogens with zero attached hydrogens (tertiary/aromatic N) is 2. The van der Waals surface area contributed by atoms with Gasteiger partial charge in [0.1, 0.15) is 41.9 Å². The maximum absolute atomic E-state index is 14.0. The number of para-hydroxylation sites is 1. The van der Waals surface area contributed by atoms with Crippen molar-refractivity contribution in [1.29, 1.82) is 0 Å². The van der Waals surface area contributed by atoms with Gasteiger partial charge in [-0.15, -0.1) is 12.3 Å². The summed E-state index contributed by atoms with van der Waals surface area (Å²) in [6, 6.07) is 12.7. The van der Waals surface area contributed by atoms with Crippen LogP contribution in [0.4, 0.5) is 10.5 Å². The molecule has 7 atom stereocenters. The number of terminal acetylenes is 1. The number of hydrogen-bond acceptors (Lipinski definition) is 16. The first-order valence-electron chi connectivity index (χ1n) is 20.1. The Morgan fingerprint density at radius 2 is 1.48 bits per heavy atom. The third-order valence-corrected chi connectivity index (χ3v) is 9.91. The van der Waals surface area contributed by atoms with Crippen LogP contribution in [-0.2, 0) is 68.3 Å². The summed E-state index contributed by atoms with van der Waals surface area (Å²) in [7, 11) is 4.36. The van der Waals surface area contributed by atoms with Crippen molar-refractivity contribution in [3.05, 3.63) is 59.9 Å². The Bertz CT molecular complexity index is 2160. The fourth-order valence-electron chi connectivity index (χ4n) is 7.08. The van der Waals surface area contributed by atoms with Crippen molar-refractivity contribution >= 4 is 58.5 Å². The van der Waals surface area contributed by atoms with E-state index in [4.69, 9.17) is 48.7 Å². The van der Waals surface area contributed by atoms with E-state index in [1.54, 1.807) is 37.4 Å². The fraction of sp³-hybridized carbons (Fsp3) is 0.489. The molecule has 3 aromatic rings. The summed E-state index contributed by atoms with van der Waals surface area (Å²) < 4.78 is 51.6. The first kappa shape index (κ1) is 49.0. The molecular weight excluding hydrogens is 824 g/mol. The molecule has 0 bridgehead atoms. The number of furan rings is 1. The highest BCUT2D eigenvalue weighted by molar-refractivity contribution is 5.98. The Labute approximate surface area is 365 Å². The van der Waals surface area contributed by atoms with Crippen LogP contribution in [0.1, 0.15) is 78.2 Å². The Kier molecular flexibility index (Phi) is 17.5. The minimum absolute atomic E-state index is 0.0648. The van der Waals surface area contributed by atoms with Crippen LogP contribution in [0.25, 0.3) is 11.0 Å². The van der Waals surface area contributed by atoms with Gasteiger partial charge in [-0.3, -0.25) is 33.7 Å². The maximum atomic E-state index is 14.0. The highest BCUT2D eigenvalue weighted by Crippen LogP contribution is 2.40. The average molecular weight is 879 g/mol. The summed E-state index contributed by atoms with van der Waals surface area (Å²) in [6.07, 6.45) is -3.00. The molecule has 2 aromatic carbocycles. The quantitative estimate of drug-likeness (QED) is 0.0911. The summed E-state index contributed by atoms with van der Waals surface area (Å²) in [5.74, 6) is -1.28. The molecule has 18 heteroatoms. The summed E-state index contributed by atoms with van der Waals surface area (Å²) in [5, 5.41) is 0.291. The molecule has 1 aliphatic heterocycles. The van der Waals surface area contributed by atoms with Crippen molar-refractivity contribution < 1.29 is 75.9 Å². The predicted octanol–water partition coefficient (Wildman–Crippen LogP) is 5.21. The fourth-order valence-corrected chi connectivity index (χ4v) is 7.08. The Morgan fingerprint density at radius 1 is 0.841 bits per heavy atom. The molecule has 2 unspecified atom stereocenters. The molecule has 4 rings (SSSR count). The molecule has 340 valence electrons. The zero-order valence-electron chi connectivity index (χ0n) is 36.8. The van der Waals surface area contributed by atoms with Crippen LogP contribution in [0.15, 0.2) is 52.9 Å². The second-order valence-corrected chi connectivity index (χ2v) is 15.0. The van der Waals surface area contributed by atoms with Gasteiger partial charge < -0.3 is 47.2 Å². The van der Waals surface area contributed by atoms with Crippen molar-refractivity contribution in [2.24, 2.45) is 5.92 Å². The standard InChI is InChI=1S/C45H54N2O16/c1-11-16-34(63-45(54)47(9)38(25(2)3)43(53)46(8)30-17-13-12-14-18-30)32-21-22-35(33-23-31(60-39(32)33)19-15-20-37(52)55-10)61-44-42(59-29(7)51)41(58-28(6)50)40(57-27(5)49)36(62-44)24-56-26(4)48/h1,12-14,17-18,21-23,25,34,36,38,40-42,44H,15-16,19-20,24H2,2-10H3/t34?,36-,38?,40+,41+,42-,44-/m1/s1. The van der Waals surface area contributed by atoms with Crippen LogP contribution >= 0.6 is 0 Å². The van der Waals surface area contributed by atoms with Gasteiger partial charge in [0, 0.05) is 65.9 Å². The van der Waals surface area contributed by atoms with Gasteiger partial charge in [-0.1, -0.05) is 32.0 Å². The van der Waals surface area contributed by atoms with Gasteiger partial charge in [0.2, 0.25) is 18.3 Å². The third-order valence-electron chi connectivity index (χ3n) is 9.91. The Hall–Kier alpha value is -6.61. The summed E-state index contributed by atoms with van der Waals surface area (Å²) in [6.45, 7) is 7.58. The first-order chi connectivity index (χ1) is 29.9. The highest BCUT2D eigenvalue weighted by Gasteiger charge is 2.53. The molecule has 18 nitrogen and oxygen atoms in total. The predicted molar refractivity (Wildman–Crippen MR) is 223 cm³/mol. The SMILES string of the molecule is C#CCC(OC(=O)N(C)C(C(=O)N(C)c1ccccc1)C(C)C)c1ccc(O[C@@H]2O[C@H](COC(C)=O)[C@H](OC(C)=O)[C@H](OC(C)=O)[C@H]2OC(C)=O)c2cc(CCCC(=O)OC)oc12. The lowest BCUT2D eigenvalue weighted by molar-refractivity contribution is -0.288. The lowest BCUT2D eigenvalue weighted by Gasteiger charge is -2.44. The van der Waals surface area contributed by atoms with Crippen molar-refractivity contribution in [2.75, 3.05) is 32.7 Å². The van der Waals surface area contributed by atoms with Crippen molar-refractivity contribution in [1.82, 2.24) is 4.90 Å². The van der Waals surface area contributed by atoms with E-state index < -0.39 is 85.4 Å². The summed E-state index contributed by atoms with van der Waals surface area (Å²) in [4.78, 5) is 91.5. The number of hydrogen-bond donors (Lipinski definition) is 0. The summed E-state index contributed by atoms with van der Waals surface area (Å²) in [5.41, 5.74) is 1.10. The molecule has 0 radical (unpaired) electrons. The highest BCUT2D eigenvalue weighted by atomic mass is 16.7. The number of esters is 5. The van der Waals surface area contributed by atoms with Gasteiger partial charge in [-0.2, -0.15) is 0 Å². The number of methoxy groups -OCH3 is 1. The first-order valence-corrected chi connectivity index (χ1v) is 20.1. The zero-order chi connectivity index (χ0) is 46.5. The molecule has 0 N–H and O–H groups in total. The monoisotopic (exact) mass is 878 g/mol. The van der Waals surface area contributed by atoms with Crippen LogP contribution < -0.4 is 9.64 Å². The second-order valence-electron chi connectivity index (χ2n) is 15.0. The largest absolute Gasteiger partial charge is 0.469 e. The molecule has 63 heavy (non-hydrogen) atoms. The van der Waals surface area contributed by atoms with Gasteiger partial charge in [0.25, 0.3) is 0 Å². The lowest BCUT2D eigenvalue weighted by atomic mass is 9.98. The Balaban J connectivity index is 1.79. The molecule has 2 amide bonds. The normalized spacial score (nSPS) is 19.1. The van der Waals surface area contributed by atoms with E-state index in [1.807, 2.05) is 19.9 Å². The topological polar surface area (TPSA) is 213 Å². The number of benzene rings is 2. The van der Waals surface area contributed by atoms with Crippen molar-refractivity contribution in [3.8, 4) is 18.1 Å². The average Bonchev–Trinajstić information content (AvgIpc) is 3.66. The van der Waals surface area contributed by atoms with E-state index in [0.717, 1.165) is 27.7 Å². The number of rotatable bonds is 18. The smallest absolute Gasteiger partial charge is 0.410 e. The minimum atomic E-state index is -1.59. The van der Waals surface area contributed by atoms with Crippen molar-refractivity contribution in [2.45, 2.75) is 110 Å².